The van der Waals surface area contributed by atoms with Crippen LogP contribution in [-0.4, -0.2) is 12.1 Å². The minimum Gasteiger partial charge on any atom is -0.406 e. The maximum atomic E-state index is 12.1. The minimum atomic E-state index is -4.69. The number of hydrogen-bond acceptors (Lipinski definition) is 3. The Labute approximate surface area is 125 Å². The second-order valence-corrected chi connectivity index (χ2v) is 4.65. The van der Waals surface area contributed by atoms with Crippen molar-refractivity contribution in [3.8, 4) is 5.75 Å². The van der Waals surface area contributed by atoms with Crippen molar-refractivity contribution in [2.24, 2.45) is 0 Å². The molecule has 0 saturated carbocycles. The molecule has 0 spiro atoms. The van der Waals surface area contributed by atoms with Crippen LogP contribution in [0.5, 0.6) is 5.75 Å². The van der Waals surface area contributed by atoms with Gasteiger partial charge >= 0.3 is 6.36 Å². The van der Waals surface area contributed by atoms with E-state index in [4.69, 9.17) is 0 Å². The summed E-state index contributed by atoms with van der Waals surface area (Å²) in [6.07, 6.45) is -4.69. The Morgan fingerprint density at radius 2 is 1.73 bits per heavy atom. The van der Waals surface area contributed by atoms with Gasteiger partial charge in [0.05, 0.1) is 0 Å². The van der Waals surface area contributed by atoms with Gasteiger partial charge in [0.25, 0.3) is 0 Å². The number of ether oxygens (including phenoxy) is 1. The number of carbonyl (C=O) groups is 1. The van der Waals surface area contributed by atoms with Crippen LogP contribution in [0.1, 0.15) is 22.8 Å². The molecule has 0 aliphatic heterocycles. The van der Waals surface area contributed by atoms with Gasteiger partial charge in [-0.25, -0.2) is 0 Å². The van der Waals surface area contributed by atoms with Gasteiger partial charge in [-0.15, -0.1) is 13.2 Å². The third-order valence-corrected chi connectivity index (χ3v) is 2.95. The van der Waals surface area contributed by atoms with Crippen LogP contribution in [-0.2, 0) is 6.54 Å². The Bertz CT molecular complexity index is 651. The second kappa shape index (κ2) is 6.51. The van der Waals surface area contributed by atoms with Gasteiger partial charge in [0.1, 0.15) is 5.75 Å². The Kier molecular flexibility index (Phi) is 4.70. The molecular weight excluding hydrogens is 295 g/mol. The highest BCUT2D eigenvalue weighted by Gasteiger charge is 2.30. The first-order valence-electron chi connectivity index (χ1n) is 6.54. The second-order valence-electron chi connectivity index (χ2n) is 4.65. The molecule has 0 amide bonds. The zero-order valence-electron chi connectivity index (χ0n) is 11.8. The monoisotopic (exact) mass is 309 g/mol. The number of ketones is 1. The molecule has 0 saturated heterocycles. The van der Waals surface area contributed by atoms with Crippen molar-refractivity contribution in [2.45, 2.75) is 19.8 Å². The van der Waals surface area contributed by atoms with Crippen molar-refractivity contribution in [1.29, 1.82) is 0 Å². The van der Waals surface area contributed by atoms with Crippen molar-refractivity contribution in [3.05, 3.63) is 59.7 Å². The summed E-state index contributed by atoms with van der Waals surface area (Å²) < 4.78 is 40.0. The summed E-state index contributed by atoms with van der Waals surface area (Å²) in [4.78, 5) is 11.5. The lowest BCUT2D eigenvalue weighted by Gasteiger charge is -2.11. The highest BCUT2D eigenvalue weighted by atomic mass is 19.4. The van der Waals surface area contributed by atoms with Gasteiger partial charge in [-0.1, -0.05) is 24.3 Å². The number of halogens is 3. The first kappa shape index (κ1) is 15.9. The molecule has 0 fully saturated rings. The van der Waals surface area contributed by atoms with Gasteiger partial charge in [0, 0.05) is 17.8 Å². The third-order valence-electron chi connectivity index (χ3n) is 2.95. The summed E-state index contributed by atoms with van der Waals surface area (Å²) in [6, 6.07) is 12.6. The average molecular weight is 309 g/mol. The fourth-order valence-corrected chi connectivity index (χ4v) is 1.95. The highest BCUT2D eigenvalue weighted by molar-refractivity contribution is 5.99. The quantitative estimate of drug-likeness (QED) is 0.832. The molecule has 22 heavy (non-hydrogen) atoms. The maximum absolute atomic E-state index is 12.1. The summed E-state index contributed by atoms with van der Waals surface area (Å²) in [5.74, 6) is -0.322. The van der Waals surface area contributed by atoms with Crippen LogP contribution >= 0.6 is 0 Å². The van der Waals surface area contributed by atoms with Crippen LogP contribution in [0, 0.1) is 0 Å². The molecule has 2 rings (SSSR count). The Morgan fingerprint density at radius 3 is 2.32 bits per heavy atom. The van der Waals surface area contributed by atoms with Gasteiger partial charge in [0.15, 0.2) is 5.78 Å². The topological polar surface area (TPSA) is 38.3 Å². The molecule has 0 radical (unpaired) electrons. The van der Waals surface area contributed by atoms with Crippen molar-refractivity contribution >= 4 is 11.5 Å². The molecule has 2 aromatic carbocycles. The SMILES string of the molecule is CC(=O)c1ccccc1NCc1ccc(OC(F)(F)F)cc1. The van der Waals surface area contributed by atoms with Gasteiger partial charge in [-0.3, -0.25) is 4.79 Å². The minimum absolute atomic E-state index is 0.0583. The molecule has 1 N–H and O–H groups in total. The number of para-hydroxylation sites is 1. The lowest BCUT2D eigenvalue weighted by Crippen LogP contribution is -2.17. The Hall–Kier alpha value is -2.50. The van der Waals surface area contributed by atoms with Crippen LogP contribution in [0.3, 0.4) is 0 Å². The molecule has 0 bridgehead atoms. The van der Waals surface area contributed by atoms with Crippen molar-refractivity contribution in [2.75, 3.05) is 5.32 Å². The molecule has 0 aliphatic carbocycles. The van der Waals surface area contributed by atoms with Crippen LogP contribution in [0.15, 0.2) is 48.5 Å². The van der Waals surface area contributed by atoms with Crippen molar-refractivity contribution in [3.63, 3.8) is 0 Å². The fraction of sp³-hybridized carbons (Fsp3) is 0.188. The molecule has 2 aromatic rings. The number of nitrogens with one attached hydrogen (secondary N) is 1. The van der Waals surface area contributed by atoms with Crippen LogP contribution in [0.25, 0.3) is 0 Å². The lowest BCUT2D eigenvalue weighted by molar-refractivity contribution is -0.274. The average Bonchev–Trinajstić information content (AvgIpc) is 2.45. The number of rotatable bonds is 5. The summed E-state index contributed by atoms with van der Waals surface area (Å²) in [5, 5.41) is 3.09. The molecule has 3 nitrogen and oxygen atoms in total. The van der Waals surface area contributed by atoms with E-state index in [-0.39, 0.29) is 11.5 Å². The van der Waals surface area contributed by atoms with Crippen LogP contribution in [0.4, 0.5) is 18.9 Å². The predicted octanol–water partition coefficient (Wildman–Crippen LogP) is 4.40. The van der Waals surface area contributed by atoms with E-state index in [0.29, 0.717) is 17.8 Å². The van der Waals surface area contributed by atoms with E-state index in [0.717, 1.165) is 5.56 Å². The maximum Gasteiger partial charge on any atom is 0.573 e. The summed E-state index contributed by atoms with van der Waals surface area (Å²) in [5.41, 5.74) is 2.03. The molecule has 0 aromatic heterocycles. The number of Topliss-reactive ketones (excluding diaryl/α,β-unsaturated/α-hetero) is 1. The van der Waals surface area contributed by atoms with Gasteiger partial charge in [-0.2, -0.15) is 0 Å². The number of carbonyl (C=O) groups excluding carboxylic acids is 1. The lowest BCUT2D eigenvalue weighted by atomic mass is 10.1. The van der Waals surface area contributed by atoms with Crippen LogP contribution < -0.4 is 10.1 Å². The van der Waals surface area contributed by atoms with Gasteiger partial charge in [-0.05, 0) is 36.8 Å². The molecule has 0 atom stereocenters. The Balaban J connectivity index is 2.02. The third kappa shape index (κ3) is 4.51. The van der Waals surface area contributed by atoms with Gasteiger partial charge < -0.3 is 10.1 Å². The summed E-state index contributed by atoms with van der Waals surface area (Å²) >= 11 is 0. The normalized spacial score (nSPS) is 11.1. The number of alkyl halides is 3. The zero-order chi connectivity index (χ0) is 16.2. The number of anilines is 1. The molecule has 6 heteroatoms. The van der Waals surface area contributed by atoms with E-state index >= 15 is 0 Å². The van der Waals surface area contributed by atoms with E-state index in [9.17, 15) is 18.0 Å². The molecule has 116 valence electrons. The molecule has 0 unspecified atom stereocenters. The summed E-state index contributed by atoms with van der Waals surface area (Å²) in [7, 11) is 0. The Morgan fingerprint density at radius 1 is 1.09 bits per heavy atom. The van der Waals surface area contributed by atoms with Gasteiger partial charge in [0.2, 0.25) is 0 Å². The smallest absolute Gasteiger partial charge is 0.406 e. The number of benzene rings is 2. The van der Waals surface area contributed by atoms with Crippen molar-refractivity contribution in [1.82, 2.24) is 0 Å². The fourth-order valence-electron chi connectivity index (χ4n) is 1.95. The standard InChI is InChI=1S/C16H14F3NO2/c1-11(21)14-4-2-3-5-15(14)20-10-12-6-8-13(9-7-12)22-16(17,18)19/h2-9,20H,10H2,1H3. The van der Waals surface area contributed by atoms with Crippen molar-refractivity contribution < 1.29 is 22.7 Å². The van der Waals surface area contributed by atoms with Crippen LogP contribution in [0.2, 0.25) is 0 Å². The summed E-state index contributed by atoms with van der Waals surface area (Å²) in [6.45, 7) is 1.86. The van der Waals surface area contributed by atoms with E-state index in [1.807, 2.05) is 0 Å². The predicted molar refractivity (Wildman–Crippen MR) is 76.9 cm³/mol. The first-order valence-corrected chi connectivity index (χ1v) is 6.54. The number of hydrogen-bond donors (Lipinski definition) is 1. The zero-order valence-corrected chi connectivity index (χ0v) is 11.8. The van der Waals surface area contributed by atoms with E-state index in [1.54, 1.807) is 24.3 Å². The molecular formula is C16H14F3NO2. The molecule has 0 heterocycles. The van der Waals surface area contributed by atoms with E-state index in [2.05, 4.69) is 10.1 Å². The molecule has 0 aliphatic rings. The largest absolute Gasteiger partial charge is 0.573 e. The van der Waals surface area contributed by atoms with E-state index < -0.39 is 6.36 Å². The first-order chi connectivity index (χ1) is 10.3. The van der Waals surface area contributed by atoms with E-state index in [1.165, 1.54) is 31.2 Å². The highest BCUT2D eigenvalue weighted by Crippen LogP contribution is 2.23.